The van der Waals surface area contributed by atoms with Gasteiger partial charge in [0.15, 0.2) is 5.82 Å². The number of halogens is 2. The number of aromatic nitrogens is 4. The first-order valence-corrected chi connectivity index (χ1v) is 11.3. The van der Waals surface area contributed by atoms with Gasteiger partial charge in [-0.3, -0.25) is 9.80 Å². The molecule has 0 bridgehead atoms. The molecule has 1 aromatic carbocycles. The third kappa shape index (κ3) is 4.25. The third-order valence-corrected chi connectivity index (χ3v) is 7.19. The van der Waals surface area contributed by atoms with Gasteiger partial charge in [-0.2, -0.15) is 0 Å². The van der Waals surface area contributed by atoms with Crippen LogP contribution in [0.15, 0.2) is 24.3 Å². The fourth-order valence-corrected chi connectivity index (χ4v) is 5.62. The lowest BCUT2D eigenvalue weighted by Gasteiger charge is -2.41. The van der Waals surface area contributed by atoms with Crippen molar-refractivity contribution in [2.24, 2.45) is 0 Å². The maximum absolute atomic E-state index is 14.9. The van der Waals surface area contributed by atoms with E-state index < -0.39 is 0 Å². The van der Waals surface area contributed by atoms with Crippen LogP contribution >= 0.6 is 12.4 Å². The molecule has 0 N–H and O–H groups in total. The monoisotopic (exact) mass is 434 g/mol. The van der Waals surface area contributed by atoms with E-state index in [-0.39, 0.29) is 24.3 Å². The molecule has 0 amide bonds. The summed E-state index contributed by atoms with van der Waals surface area (Å²) in [5.74, 6) is 0.632. The van der Waals surface area contributed by atoms with Crippen LogP contribution < -0.4 is 0 Å². The van der Waals surface area contributed by atoms with E-state index in [1.54, 1.807) is 12.1 Å². The summed E-state index contributed by atoms with van der Waals surface area (Å²) < 4.78 is 16.9. The van der Waals surface area contributed by atoms with Crippen molar-refractivity contribution in [2.75, 3.05) is 26.2 Å². The summed E-state index contributed by atoms with van der Waals surface area (Å²) in [6.07, 6.45) is 10.0. The molecule has 2 aliphatic carbocycles. The van der Waals surface area contributed by atoms with E-state index in [0.29, 0.717) is 11.6 Å². The third-order valence-electron chi connectivity index (χ3n) is 7.19. The van der Waals surface area contributed by atoms with E-state index in [9.17, 15) is 4.39 Å². The highest BCUT2D eigenvalue weighted by molar-refractivity contribution is 5.85. The van der Waals surface area contributed by atoms with Gasteiger partial charge < -0.3 is 0 Å². The molecule has 5 rings (SSSR count). The van der Waals surface area contributed by atoms with E-state index in [1.807, 2.05) is 16.8 Å². The lowest BCUT2D eigenvalue weighted by molar-refractivity contribution is 0.0755. The minimum Gasteiger partial charge on any atom is -0.298 e. The minimum absolute atomic E-state index is 0. The van der Waals surface area contributed by atoms with Crippen LogP contribution in [0.2, 0.25) is 0 Å². The average molecular weight is 435 g/mol. The highest BCUT2D eigenvalue weighted by atomic mass is 35.5. The van der Waals surface area contributed by atoms with Crippen LogP contribution in [0.5, 0.6) is 0 Å². The van der Waals surface area contributed by atoms with Gasteiger partial charge in [0.05, 0.1) is 6.04 Å². The molecule has 1 aromatic heterocycles. The summed E-state index contributed by atoms with van der Waals surface area (Å²) in [5, 5.41) is 12.8. The summed E-state index contributed by atoms with van der Waals surface area (Å²) in [6.45, 7) is 3.93. The topological polar surface area (TPSA) is 50.1 Å². The molecular formula is C22H32ClFN6. The Kier molecular flexibility index (Phi) is 7.01. The van der Waals surface area contributed by atoms with Crippen molar-refractivity contribution in [3.63, 3.8) is 0 Å². The molecule has 3 fully saturated rings. The number of tetrazole rings is 1. The second-order valence-electron chi connectivity index (χ2n) is 8.85. The minimum atomic E-state index is -0.225. The maximum atomic E-state index is 14.9. The van der Waals surface area contributed by atoms with Gasteiger partial charge in [-0.15, -0.1) is 17.5 Å². The van der Waals surface area contributed by atoms with Crippen LogP contribution in [0.1, 0.15) is 74.8 Å². The van der Waals surface area contributed by atoms with E-state index in [4.69, 9.17) is 0 Å². The van der Waals surface area contributed by atoms with E-state index in [0.717, 1.165) is 50.9 Å². The highest BCUT2D eigenvalue weighted by Crippen LogP contribution is 2.35. The fraction of sp³-hybridized carbons (Fsp3) is 0.682. The molecule has 1 saturated heterocycles. The van der Waals surface area contributed by atoms with Crippen LogP contribution in [-0.4, -0.2) is 62.2 Å². The summed E-state index contributed by atoms with van der Waals surface area (Å²) >= 11 is 0. The Morgan fingerprint density at radius 1 is 0.867 bits per heavy atom. The molecule has 164 valence electrons. The zero-order chi connectivity index (χ0) is 19.6. The number of hydrogen-bond donors (Lipinski definition) is 0. The van der Waals surface area contributed by atoms with Crippen molar-refractivity contribution in [1.82, 2.24) is 30.0 Å². The number of nitrogens with zero attached hydrogens (tertiary/aromatic N) is 6. The van der Waals surface area contributed by atoms with Crippen molar-refractivity contribution in [3.8, 4) is 0 Å². The molecule has 2 aromatic rings. The van der Waals surface area contributed by atoms with Crippen molar-refractivity contribution >= 4 is 12.4 Å². The van der Waals surface area contributed by atoms with Crippen LogP contribution in [-0.2, 0) is 0 Å². The number of rotatable bonds is 5. The van der Waals surface area contributed by atoms with Gasteiger partial charge in [0.25, 0.3) is 0 Å². The Bertz CT molecular complexity index is 809. The molecule has 0 spiro atoms. The molecule has 1 unspecified atom stereocenters. The maximum Gasteiger partial charge on any atom is 0.173 e. The van der Waals surface area contributed by atoms with E-state index in [1.165, 1.54) is 38.5 Å². The first-order chi connectivity index (χ1) is 14.3. The Balaban J connectivity index is 0.00000218. The average Bonchev–Trinajstić information content (AvgIpc) is 3.52. The van der Waals surface area contributed by atoms with E-state index >= 15 is 0 Å². The molecule has 30 heavy (non-hydrogen) atoms. The molecule has 3 aliphatic rings. The highest BCUT2D eigenvalue weighted by Gasteiger charge is 2.35. The Morgan fingerprint density at radius 3 is 2.17 bits per heavy atom. The van der Waals surface area contributed by atoms with Crippen molar-refractivity contribution in [3.05, 3.63) is 41.5 Å². The summed E-state index contributed by atoms with van der Waals surface area (Å²) in [4.78, 5) is 5.03. The lowest BCUT2D eigenvalue weighted by atomic mass is 10.0. The molecule has 1 atom stereocenters. The number of hydrogen-bond acceptors (Lipinski definition) is 5. The van der Waals surface area contributed by atoms with Crippen LogP contribution in [0, 0.1) is 5.82 Å². The standard InChI is InChI=1S/C22H31FN6.ClH/c23-20-12-6-5-11-19(20)21(22-24-25-26-29(22)18-9-3-4-10-18)28-15-13-27(14-16-28)17-7-1-2-8-17;/h5-6,11-12,17-18,21H,1-4,7-10,13-16H2;1H. The van der Waals surface area contributed by atoms with Gasteiger partial charge in [-0.1, -0.05) is 43.9 Å². The fourth-order valence-electron chi connectivity index (χ4n) is 5.62. The summed E-state index contributed by atoms with van der Waals surface area (Å²) in [5.41, 5.74) is 0.691. The zero-order valence-corrected chi connectivity index (χ0v) is 18.3. The van der Waals surface area contributed by atoms with Gasteiger partial charge in [0.1, 0.15) is 11.9 Å². The van der Waals surface area contributed by atoms with E-state index in [2.05, 4.69) is 25.3 Å². The lowest BCUT2D eigenvalue weighted by Crippen LogP contribution is -2.51. The predicted molar refractivity (Wildman–Crippen MR) is 116 cm³/mol. The largest absolute Gasteiger partial charge is 0.298 e. The molecule has 8 heteroatoms. The molecule has 2 saturated carbocycles. The van der Waals surface area contributed by atoms with Crippen LogP contribution in [0.25, 0.3) is 0 Å². The second kappa shape index (κ2) is 9.71. The van der Waals surface area contributed by atoms with Crippen LogP contribution in [0.4, 0.5) is 4.39 Å². The quantitative estimate of drug-likeness (QED) is 0.711. The Hall–Kier alpha value is -1.57. The van der Waals surface area contributed by atoms with Gasteiger partial charge in [0, 0.05) is 37.8 Å². The van der Waals surface area contributed by atoms with Gasteiger partial charge >= 0.3 is 0 Å². The van der Waals surface area contributed by atoms with Gasteiger partial charge in [0.2, 0.25) is 0 Å². The SMILES string of the molecule is Cl.Fc1ccccc1C(c1nnnn1C1CCCC1)N1CCN(C2CCCC2)CC1. The molecule has 0 radical (unpaired) electrons. The molecule has 2 heterocycles. The normalized spacial score (nSPS) is 23.0. The Morgan fingerprint density at radius 2 is 1.50 bits per heavy atom. The smallest absolute Gasteiger partial charge is 0.173 e. The first-order valence-electron chi connectivity index (χ1n) is 11.3. The molecule has 1 aliphatic heterocycles. The first kappa shape index (κ1) is 21.7. The van der Waals surface area contributed by atoms with Gasteiger partial charge in [-0.25, -0.2) is 9.07 Å². The second-order valence-corrected chi connectivity index (χ2v) is 8.85. The van der Waals surface area contributed by atoms with Crippen LogP contribution in [0.3, 0.4) is 0 Å². The van der Waals surface area contributed by atoms with Crippen molar-refractivity contribution in [2.45, 2.75) is 69.5 Å². The number of benzene rings is 1. The van der Waals surface area contributed by atoms with Crippen molar-refractivity contribution < 1.29 is 4.39 Å². The van der Waals surface area contributed by atoms with Crippen molar-refractivity contribution in [1.29, 1.82) is 0 Å². The molecule has 6 nitrogen and oxygen atoms in total. The predicted octanol–water partition coefficient (Wildman–Crippen LogP) is 4.00. The Labute approximate surface area is 184 Å². The van der Waals surface area contributed by atoms with Gasteiger partial charge in [-0.05, 0) is 42.2 Å². The summed E-state index contributed by atoms with van der Waals surface area (Å²) in [6, 6.07) is 8.00. The number of piperazine rings is 1. The summed E-state index contributed by atoms with van der Waals surface area (Å²) in [7, 11) is 0. The molecular weight excluding hydrogens is 403 g/mol. The zero-order valence-electron chi connectivity index (χ0n) is 17.5.